The van der Waals surface area contributed by atoms with Gasteiger partial charge in [0.1, 0.15) is 11.8 Å². The predicted molar refractivity (Wildman–Crippen MR) is 102 cm³/mol. The van der Waals surface area contributed by atoms with E-state index >= 15 is 0 Å². The van der Waals surface area contributed by atoms with Crippen LogP contribution in [0.4, 0.5) is 5.69 Å². The van der Waals surface area contributed by atoms with Gasteiger partial charge in [0.25, 0.3) is 5.91 Å². The van der Waals surface area contributed by atoms with Crippen LogP contribution in [0.1, 0.15) is 36.5 Å². The number of hydrogen-bond acceptors (Lipinski definition) is 5. The molecule has 6 nitrogen and oxygen atoms in total. The number of esters is 1. The molecule has 0 unspecified atom stereocenters. The van der Waals surface area contributed by atoms with Crippen LogP contribution < -0.4 is 10.1 Å². The number of para-hydroxylation sites is 2. The van der Waals surface area contributed by atoms with E-state index in [2.05, 4.69) is 5.32 Å². The molecule has 0 saturated heterocycles. The number of rotatable bonds is 7. The summed E-state index contributed by atoms with van der Waals surface area (Å²) in [4.78, 5) is 24.0. The fourth-order valence-corrected chi connectivity index (χ4v) is 2.53. The van der Waals surface area contributed by atoms with Crippen molar-refractivity contribution in [3.05, 3.63) is 59.2 Å². The van der Waals surface area contributed by atoms with E-state index < -0.39 is 18.5 Å². The number of carbonyl (C=O) groups is 2. The molecular weight excluding hydrogens is 344 g/mol. The van der Waals surface area contributed by atoms with E-state index in [-0.39, 0.29) is 12.5 Å². The molecule has 0 aliphatic rings. The average molecular weight is 366 g/mol. The Morgan fingerprint density at radius 2 is 1.85 bits per heavy atom. The molecule has 0 heterocycles. The zero-order valence-electron chi connectivity index (χ0n) is 15.6. The Kier molecular flexibility index (Phi) is 6.95. The molecule has 2 rings (SSSR count). The Hall–Kier alpha value is -3.33. The van der Waals surface area contributed by atoms with E-state index in [1.165, 1.54) is 0 Å². The minimum absolute atomic E-state index is 0.247. The van der Waals surface area contributed by atoms with E-state index in [4.69, 9.17) is 14.7 Å². The van der Waals surface area contributed by atoms with Crippen LogP contribution >= 0.6 is 0 Å². The third kappa shape index (κ3) is 5.58. The minimum atomic E-state index is -0.688. The second kappa shape index (κ2) is 9.39. The van der Waals surface area contributed by atoms with Crippen LogP contribution in [0.2, 0.25) is 0 Å². The van der Waals surface area contributed by atoms with Crippen molar-refractivity contribution in [3.63, 3.8) is 0 Å². The molecule has 0 spiro atoms. The molecule has 0 aliphatic carbocycles. The number of hydrogen-bond donors (Lipinski definition) is 1. The van der Waals surface area contributed by atoms with Crippen molar-refractivity contribution in [3.8, 4) is 11.8 Å². The van der Waals surface area contributed by atoms with Gasteiger partial charge >= 0.3 is 5.97 Å². The van der Waals surface area contributed by atoms with Crippen molar-refractivity contribution in [2.24, 2.45) is 0 Å². The Balaban J connectivity index is 1.87. The largest absolute Gasteiger partial charge is 0.481 e. The molecular formula is C21H22N2O4. The van der Waals surface area contributed by atoms with E-state index in [0.29, 0.717) is 11.3 Å². The first-order chi connectivity index (χ1) is 12.9. The lowest BCUT2D eigenvalue weighted by Gasteiger charge is -2.16. The number of nitrogens with zero attached hydrogens (tertiary/aromatic N) is 1. The van der Waals surface area contributed by atoms with Gasteiger partial charge in [-0.25, -0.2) is 4.79 Å². The van der Waals surface area contributed by atoms with Crippen LogP contribution in [0.3, 0.4) is 0 Å². The summed E-state index contributed by atoms with van der Waals surface area (Å²) in [5.41, 5.74) is 3.03. The molecule has 0 radical (unpaired) electrons. The van der Waals surface area contributed by atoms with Gasteiger partial charge in [-0.3, -0.25) is 4.79 Å². The molecule has 0 aliphatic heterocycles. The molecule has 1 N–H and O–H groups in total. The quantitative estimate of drug-likeness (QED) is 0.757. The maximum absolute atomic E-state index is 12.1. The first-order valence-electron chi connectivity index (χ1n) is 8.59. The van der Waals surface area contributed by atoms with Crippen molar-refractivity contribution >= 4 is 17.6 Å². The van der Waals surface area contributed by atoms with Crippen LogP contribution in [-0.4, -0.2) is 25.1 Å². The van der Waals surface area contributed by atoms with Crippen LogP contribution in [0.15, 0.2) is 42.5 Å². The standard InChI is InChI=1S/C21H22N2O4/c1-14(2)17-9-6-7-15(3)21(17)23-19(24)12-27-20(25)13-26-18-10-5-4-8-16(18)11-22/h4-10,14H,12-13H2,1-3H3,(H,23,24). The first kappa shape index (κ1) is 20.0. The molecule has 27 heavy (non-hydrogen) atoms. The lowest BCUT2D eigenvalue weighted by Crippen LogP contribution is -2.24. The maximum atomic E-state index is 12.1. The van der Waals surface area contributed by atoms with E-state index in [1.54, 1.807) is 24.3 Å². The van der Waals surface area contributed by atoms with Crippen molar-refractivity contribution in [2.75, 3.05) is 18.5 Å². The van der Waals surface area contributed by atoms with Crippen LogP contribution in [0.25, 0.3) is 0 Å². The Labute approximate surface area is 158 Å². The molecule has 1 amide bonds. The lowest BCUT2D eigenvalue weighted by atomic mass is 9.98. The number of anilines is 1. The second-order valence-electron chi connectivity index (χ2n) is 6.30. The van der Waals surface area contributed by atoms with E-state index in [0.717, 1.165) is 16.8 Å². The van der Waals surface area contributed by atoms with Crippen molar-refractivity contribution in [1.82, 2.24) is 0 Å². The fourth-order valence-electron chi connectivity index (χ4n) is 2.53. The zero-order chi connectivity index (χ0) is 19.8. The summed E-state index contributed by atoms with van der Waals surface area (Å²) in [6, 6.07) is 14.4. The summed E-state index contributed by atoms with van der Waals surface area (Å²) in [6.45, 7) is 5.21. The highest BCUT2D eigenvalue weighted by Gasteiger charge is 2.14. The lowest BCUT2D eigenvalue weighted by molar-refractivity contribution is -0.149. The van der Waals surface area contributed by atoms with Gasteiger partial charge in [-0.15, -0.1) is 0 Å². The van der Waals surface area contributed by atoms with Crippen molar-refractivity contribution < 1.29 is 19.1 Å². The number of amides is 1. The number of aryl methyl sites for hydroxylation is 1. The Morgan fingerprint density at radius 1 is 1.11 bits per heavy atom. The second-order valence-corrected chi connectivity index (χ2v) is 6.30. The van der Waals surface area contributed by atoms with Gasteiger partial charge in [0.2, 0.25) is 0 Å². The molecule has 2 aromatic carbocycles. The third-order valence-corrected chi connectivity index (χ3v) is 3.91. The van der Waals surface area contributed by atoms with Crippen molar-refractivity contribution in [1.29, 1.82) is 5.26 Å². The minimum Gasteiger partial charge on any atom is -0.481 e. The Morgan fingerprint density at radius 3 is 2.56 bits per heavy atom. The highest BCUT2D eigenvalue weighted by molar-refractivity contribution is 5.94. The summed E-state index contributed by atoms with van der Waals surface area (Å²) in [5, 5.41) is 11.8. The number of ether oxygens (including phenoxy) is 2. The summed E-state index contributed by atoms with van der Waals surface area (Å²) < 4.78 is 10.2. The van der Waals surface area contributed by atoms with Gasteiger partial charge in [0.15, 0.2) is 13.2 Å². The number of carbonyl (C=O) groups excluding carboxylic acids is 2. The van der Waals surface area contributed by atoms with E-state index in [9.17, 15) is 9.59 Å². The van der Waals surface area contributed by atoms with E-state index in [1.807, 2.05) is 45.0 Å². The molecule has 6 heteroatoms. The molecule has 2 aromatic rings. The fraction of sp³-hybridized carbons (Fsp3) is 0.286. The van der Waals surface area contributed by atoms with Gasteiger partial charge in [-0.1, -0.05) is 44.2 Å². The molecule has 0 atom stereocenters. The number of nitriles is 1. The topological polar surface area (TPSA) is 88.4 Å². The maximum Gasteiger partial charge on any atom is 0.344 e. The zero-order valence-corrected chi connectivity index (χ0v) is 15.6. The monoisotopic (exact) mass is 366 g/mol. The normalized spacial score (nSPS) is 10.2. The summed E-state index contributed by atoms with van der Waals surface area (Å²) in [5.74, 6) is -0.567. The highest BCUT2D eigenvalue weighted by Crippen LogP contribution is 2.27. The third-order valence-electron chi connectivity index (χ3n) is 3.91. The smallest absolute Gasteiger partial charge is 0.344 e. The van der Waals surface area contributed by atoms with Gasteiger partial charge < -0.3 is 14.8 Å². The summed E-state index contributed by atoms with van der Waals surface area (Å²) in [7, 11) is 0. The average Bonchev–Trinajstić information content (AvgIpc) is 2.66. The molecule has 0 saturated carbocycles. The predicted octanol–water partition coefficient (Wildman–Crippen LogP) is 3.55. The molecule has 0 fully saturated rings. The SMILES string of the molecule is Cc1cccc(C(C)C)c1NC(=O)COC(=O)COc1ccccc1C#N. The van der Waals surface area contributed by atoms with Crippen LogP contribution in [0.5, 0.6) is 5.75 Å². The van der Waals surface area contributed by atoms with Gasteiger partial charge in [-0.05, 0) is 36.1 Å². The number of nitrogens with one attached hydrogen (secondary N) is 1. The molecule has 140 valence electrons. The number of benzene rings is 2. The summed E-state index contributed by atoms with van der Waals surface area (Å²) in [6.07, 6.45) is 0. The van der Waals surface area contributed by atoms with Gasteiger partial charge in [0.05, 0.1) is 5.56 Å². The van der Waals surface area contributed by atoms with Crippen LogP contribution in [0, 0.1) is 18.3 Å². The van der Waals surface area contributed by atoms with Crippen molar-refractivity contribution in [2.45, 2.75) is 26.7 Å². The molecule has 0 aromatic heterocycles. The van der Waals surface area contributed by atoms with Gasteiger partial charge in [0, 0.05) is 5.69 Å². The Bertz CT molecular complexity index is 869. The van der Waals surface area contributed by atoms with Crippen LogP contribution in [-0.2, 0) is 14.3 Å². The first-order valence-corrected chi connectivity index (χ1v) is 8.59. The highest BCUT2D eigenvalue weighted by atomic mass is 16.6. The molecule has 0 bridgehead atoms. The summed E-state index contributed by atoms with van der Waals surface area (Å²) >= 11 is 0. The van der Waals surface area contributed by atoms with Gasteiger partial charge in [-0.2, -0.15) is 5.26 Å².